The van der Waals surface area contributed by atoms with Gasteiger partial charge in [0.15, 0.2) is 0 Å². The lowest BCUT2D eigenvalue weighted by atomic mass is 10.2. The van der Waals surface area contributed by atoms with Crippen molar-refractivity contribution in [3.05, 3.63) is 44.0 Å². The van der Waals surface area contributed by atoms with Crippen LogP contribution in [0.4, 0.5) is 13.2 Å². The molecule has 1 rings (SSSR count). The van der Waals surface area contributed by atoms with Crippen LogP contribution >= 0.6 is 38.5 Å². The summed E-state index contributed by atoms with van der Waals surface area (Å²) in [6.07, 6.45) is -3.46. The quantitative estimate of drug-likeness (QED) is 0.338. The summed E-state index contributed by atoms with van der Waals surface area (Å²) in [6.45, 7) is 0.0904. The van der Waals surface area contributed by atoms with Gasteiger partial charge in [-0.05, 0) is 63.3 Å². The molecule has 0 atom stereocenters. The third-order valence-corrected chi connectivity index (χ3v) is 3.57. The van der Waals surface area contributed by atoms with Crippen molar-refractivity contribution in [3.8, 4) is 0 Å². The molecule has 0 fully saturated rings. The lowest BCUT2D eigenvalue weighted by molar-refractivity contribution is -0.0801. The van der Waals surface area contributed by atoms with Gasteiger partial charge in [-0.3, -0.25) is 0 Å². The van der Waals surface area contributed by atoms with E-state index < -0.39 is 12.1 Å². The van der Waals surface area contributed by atoms with E-state index in [1.807, 2.05) is 0 Å². The topological polar surface area (TPSA) is 26.3 Å². The van der Waals surface area contributed by atoms with Crippen molar-refractivity contribution in [1.29, 1.82) is 0 Å². The Morgan fingerprint density at radius 3 is 2.45 bits per heavy atom. The van der Waals surface area contributed by atoms with E-state index in [-0.39, 0.29) is 22.7 Å². The lowest BCUT2D eigenvalue weighted by Gasteiger charge is -2.05. The number of allylic oxidation sites excluding steroid dienone is 2. The van der Waals surface area contributed by atoms with Gasteiger partial charge in [0.25, 0.3) is 0 Å². The van der Waals surface area contributed by atoms with E-state index in [0.29, 0.717) is 12.0 Å². The molecule has 0 saturated carbocycles. The van der Waals surface area contributed by atoms with E-state index in [2.05, 4.69) is 15.9 Å². The molecule has 0 saturated heterocycles. The number of hydrogen-bond acceptors (Lipinski definition) is 2. The molecule has 1 aromatic rings. The van der Waals surface area contributed by atoms with Crippen LogP contribution in [-0.4, -0.2) is 18.8 Å². The molecule has 1 aromatic carbocycles. The molecule has 2 nitrogen and oxygen atoms in total. The minimum Gasteiger partial charge on any atom is -0.462 e. The molecule has 0 radical (unpaired) electrons. The van der Waals surface area contributed by atoms with E-state index in [9.17, 15) is 18.0 Å². The Balaban J connectivity index is 2.33. The van der Waals surface area contributed by atoms with Gasteiger partial charge in [-0.15, -0.1) is 0 Å². The maximum atomic E-state index is 12.0. The number of carbonyl (C=O) groups is 1. The Labute approximate surface area is 136 Å². The van der Waals surface area contributed by atoms with Gasteiger partial charge in [0.1, 0.15) is 0 Å². The number of benzene rings is 1. The molecule has 0 amide bonds. The third-order valence-electron chi connectivity index (χ3n) is 2.19. The standard InChI is InChI=1S/C13H11BrF3IO2/c14-10-5-3-9(4-6-10)12(19)20-7-1-2-11(18)8-13(15,16)17/h3-6,8H,1-2,7H2. The van der Waals surface area contributed by atoms with Crippen molar-refractivity contribution in [2.75, 3.05) is 6.61 Å². The summed E-state index contributed by atoms with van der Waals surface area (Å²) < 4.78 is 42.1. The maximum absolute atomic E-state index is 12.0. The highest BCUT2D eigenvalue weighted by molar-refractivity contribution is 14.1. The van der Waals surface area contributed by atoms with Gasteiger partial charge in [0.05, 0.1) is 12.2 Å². The molecule has 0 aromatic heterocycles. The van der Waals surface area contributed by atoms with E-state index in [0.717, 1.165) is 4.47 Å². The fraction of sp³-hybridized carbons (Fsp3) is 0.308. The summed E-state index contributed by atoms with van der Waals surface area (Å²) in [6, 6.07) is 6.65. The van der Waals surface area contributed by atoms with E-state index in [4.69, 9.17) is 4.74 Å². The van der Waals surface area contributed by atoms with E-state index >= 15 is 0 Å². The smallest absolute Gasteiger partial charge is 0.410 e. The van der Waals surface area contributed by atoms with Crippen LogP contribution in [0, 0.1) is 0 Å². The molecule has 0 N–H and O–H groups in total. The molecule has 0 bridgehead atoms. The highest BCUT2D eigenvalue weighted by atomic mass is 127. The molecule has 0 aliphatic heterocycles. The lowest BCUT2D eigenvalue weighted by Crippen LogP contribution is -2.06. The van der Waals surface area contributed by atoms with Crippen molar-refractivity contribution < 1.29 is 22.7 Å². The minimum absolute atomic E-state index is 0.0904. The summed E-state index contributed by atoms with van der Waals surface area (Å²) >= 11 is 4.88. The first kappa shape index (κ1) is 17.5. The number of esters is 1. The highest BCUT2D eigenvalue weighted by Gasteiger charge is 2.23. The Morgan fingerprint density at radius 1 is 1.30 bits per heavy atom. The predicted molar refractivity (Wildman–Crippen MR) is 81.8 cm³/mol. The van der Waals surface area contributed by atoms with Crippen LogP contribution in [0.25, 0.3) is 0 Å². The van der Waals surface area contributed by atoms with Crippen LogP contribution in [0.2, 0.25) is 0 Å². The first-order chi connectivity index (χ1) is 9.28. The molecule has 110 valence electrons. The molecule has 0 spiro atoms. The second-order valence-electron chi connectivity index (χ2n) is 3.88. The second kappa shape index (κ2) is 8.02. The maximum Gasteiger partial charge on any atom is 0.410 e. The minimum atomic E-state index is -4.30. The zero-order valence-corrected chi connectivity index (χ0v) is 14.0. The van der Waals surface area contributed by atoms with Gasteiger partial charge in [0.2, 0.25) is 0 Å². The summed E-state index contributed by atoms with van der Waals surface area (Å²) in [5, 5.41) is 0. The van der Waals surface area contributed by atoms with Gasteiger partial charge in [-0.2, -0.15) is 13.2 Å². The second-order valence-corrected chi connectivity index (χ2v) is 6.18. The zero-order chi connectivity index (χ0) is 15.2. The summed E-state index contributed by atoms with van der Waals surface area (Å²) in [7, 11) is 0. The molecule has 0 unspecified atom stereocenters. The molecular formula is C13H11BrF3IO2. The predicted octanol–water partition coefficient (Wildman–Crippen LogP) is 5.27. The monoisotopic (exact) mass is 462 g/mol. The number of halogens is 5. The molecule has 0 aliphatic rings. The van der Waals surface area contributed by atoms with Gasteiger partial charge in [-0.1, -0.05) is 15.9 Å². The van der Waals surface area contributed by atoms with Crippen molar-refractivity contribution >= 4 is 44.5 Å². The highest BCUT2D eigenvalue weighted by Crippen LogP contribution is 2.24. The normalized spacial score (nSPS) is 12.3. The fourth-order valence-corrected chi connectivity index (χ4v) is 2.32. The van der Waals surface area contributed by atoms with Gasteiger partial charge >= 0.3 is 12.1 Å². The first-order valence-electron chi connectivity index (χ1n) is 5.64. The molecule has 0 heterocycles. The Hall–Kier alpha value is -0.570. The number of alkyl halides is 3. The van der Waals surface area contributed by atoms with E-state index in [1.54, 1.807) is 46.9 Å². The average Bonchev–Trinajstić information content (AvgIpc) is 2.33. The van der Waals surface area contributed by atoms with Crippen LogP contribution < -0.4 is 0 Å². The molecular weight excluding hydrogens is 452 g/mol. The van der Waals surface area contributed by atoms with Crippen molar-refractivity contribution in [2.45, 2.75) is 19.0 Å². The summed E-state index contributed by atoms with van der Waals surface area (Å²) in [5.41, 5.74) is 0.411. The largest absolute Gasteiger partial charge is 0.462 e. The Morgan fingerprint density at radius 2 is 1.90 bits per heavy atom. The first-order valence-corrected chi connectivity index (χ1v) is 7.52. The number of rotatable bonds is 5. The third kappa shape index (κ3) is 7.28. The average molecular weight is 463 g/mol. The van der Waals surface area contributed by atoms with Crippen LogP contribution in [0.1, 0.15) is 23.2 Å². The van der Waals surface area contributed by atoms with Crippen LogP contribution in [-0.2, 0) is 4.74 Å². The Kier molecular flexibility index (Phi) is 7.01. The SMILES string of the molecule is O=C(OCCCC(I)=CC(F)(F)F)c1ccc(Br)cc1. The number of ether oxygens (including phenoxy) is 1. The van der Waals surface area contributed by atoms with Crippen molar-refractivity contribution in [2.24, 2.45) is 0 Å². The number of carbonyl (C=O) groups excluding carboxylic acids is 1. The van der Waals surface area contributed by atoms with E-state index in [1.165, 1.54) is 0 Å². The summed E-state index contributed by atoms with van der Waals surface area (Å²) in [4.78, 5) is 11.6. The fourth-order valence-electron chi connectivity index (χ4n) is 1.32. The molecule has 20 heavy (non-hydrogen) atoms. The molecule has 7 heteroatoms. The van der Waals surface area contributed by atoms with Crippen LogP contribution in [0.5, 0.6) is 0 Å². The van der Waals surface area contributed by atoms with Gasteiger partial charge in [0, 0.05) is 10.5 Å². The van der Waals surface area contributed by atoms with Gasteiger partial charge < -0.3 is 4.74 Å². The van der Waals surface area contributed by atoms with Crippen LogP contribution in [0.15, 0.2) is 38.4 Å². The summed E-state index contributed by atoms with van der Waals surface area (Å²) in [5.74, 6) is -0.479. The zero-order valence-electron chi connectivity index (χ0n) is 10.2. The van der Waals surface area contributed by atoms with Gasteiger partial charge in [-0.25, -0.2) is 4.79 Å². The Bertz CT molecular complexity index is 483. The molecule has 0 aliphatic carbocycles. The van der Waals surface area contributed by atoms with Crippen LogP contribution in [0.3, 0.4) is 0 Å². The van der Waals surface area contributed by atoms with Crippen molar-refractivity contribution in [1.82, 2.24) is 0 Å². The van der Waals surface area contributed by atoms with Crippen molar-refractivity contribution in [3.63, 3.8) is 0 Å². The number of hydrogen-bond donors (Lipinski definition) is 0.